The number of carbonyl (C=O) groups is 1. The Labute approximate surface area is 218 Å². The molecule has 0 spiro atoms. The zero-order chi connectivity index (χ0) is 24.0. The van der Waals surface area contributed by atoms with Gasteiger partial charge < -0.3 is 14.8 Å². The molecule has 0 aliphatic rings. The third-order valence-electron chi connectivity index (χ3n) is 4.39. The van der Waals surface area contributed by atoms with Gasteiger partial charge in [0.1, 0.15) is 0 Å². The van der Waals surface area contributed by atoms with E-state index in [1.807, 2.05) is 24.3 Å². The molecule has 0 aliphatic carbocycles. The molecule has 0 bridgehead atoms. The van der Waals surface area contributed by atoms with Crippen LogP contribution >= 0.6 is 55.1 Å². The molecule has 0 atom stereocenters. The lowest BCUT2D eigenvalue weighted by Gasteiger charge is -2.14. The van der Waals surface area contributed by atoms with Gasteiger partial charge >= 0.3 is 0 Å². The minimum absolute atomic E-state index is 0.257. The van der Waals surface area contributed by atoms with E-state index in [0.29, 0.717) is 37.3 Å². The summed E-state index contributed by atoms with van der Waals surface area (Å²) in [6.07, 6.45) is 1.75. The Kier molecular flexibility index (Phi) is 8.81. The van der Waals surface area contributed by atoms with Crippen LogP contribution in [-0.4, -0.2) is 19.6 Å². The highest BCUT2D eigenvalue weighted by molar-refractivity contribution is 9.10. The first-order valence-corrected chi connectivity index (χ1v) is 11.8. The summed E-state index contributed by atoms with van der Waals surface area (Å²) in [5.74, 6) is 0.389. The lowest BCUT2D eigenvalue weighted by molar-refractivity contribution is -0.118. The van der Waals surface area contributed by atoms with Crippen LogP contribution in [0.15, 0.2) is 63.5 Å². The molecule has 0 aromatic heterocycles. The van der Waals surface area contributed by atoms with E-state index in [-0.39, 0.29) is 12.5 Å². The number of nitriles is 1. The van der Waals surface area contributed by atoms with Crippen LogP contribution in [0.3, 0.4) is 0 Å². The van der Waals surface area contributed by atoms with Gasteiger partial charge in [0, 0.05) is 10.2 Å². The van der Waals surface area contributed by atoms with Crippen molar-refractivity contribution in [1.29, 1.82) is 5.26 Å². The fraction of sp³-hybridized carbons (Fsp3) is 0.0833. The van der Waals surface area contributed by atoms with Gasteiger partial charge in [0.05, 0.1) is 33.3 Å². The topological polar surface area (TPSA) is 71.3 Å². The van der Waals surface area contributed by atoms with Crippen molar-refractivity contribution in [2.24, 2.45) is 0 Å². The Hall–Kier alpha value is -2.50. The summed E-state index contributed by atoms with van der Waals surface area (Å²) in [4.78, 5) is 12.3. The van der Waals surface area contributed by atoms with Gasteiger partial charge in [-0.15, -0.1) is 0 Å². The van der Waals surface area contributed by atoms with Gasteiger partial charge in [-0.2, -0.15) is 5.26 Å². The predicted molar refractivity (Wildman–Crippen MR) is 139 cm³/mol. The Morgan fingerprint density at radius 3 is 2.45 bits per heavy atom. The Morgan fingerprint density at radius 2 is 1.82 bits per heavy atom. The van der Waals surface area contributed by atoms with Crippen LogP contribution in [0.4, 0.5) is 5.69 Å². The van der Waals surface area contributed by atoms with Crippen molar-refractivity contribution in [3.05, 3.63) is 84.7 Å². The third-order valence-corrected chi connectivity index (χ3v) is 6.25. The number of amides is 1. The number of methoxy groups -OCH3 is 1. The molecule has 5 nitrogen and oxygen atoms in total. The van der Waals surface area contributed by atoms with Crippen molar-refractivity contribution in [3.8, 4) is 17.6 Å². The van der Waals surface area contributed by atoms with Crippen molar-refractivity contribution in [3.63, 3.8) is 0 Å². The van der Waals surface area contributed by atoms with Crippen molar-refractivity contribution >= 4 is 78.3 Å². The van der Waals surface area contributed by atoms with Crippen LogP contribution in [0, 0.1) is 11.3 Å². The Morgan fingerprint density at radius 1 is 1.09 bits per heavy atom. The Balaban J connectivity index is 1.77. The number of ether oxygens (including phenoxy) is 2. The first-order chi connectivity index (χ1) is 15.8. The standard InChI is InChI=1S/C24H16Br2Cl2N2O3/c1-32-22-10-14(8-16(12-29)15-2-4-17(25)5-3-15)9-19(26)24(22)33-13-23(31)30-18-6-7-20(27)21(28)11-18/h2-11H,13H2,1H3,(H,30,31)/b16-8+. The van der Waals surface area contributed by atoms with E-state index in [9.17, 15) is 10.1 Å². The number of rotatable bonds is 7. The number of nitrogens with zero attached hydrogens (tertiary/aromatic N) is 1. The van der Waals surface area contributed by atoms with E-state index in [0.717, 1.165) is 15.6 Å². The van der Waals surface area contributed by atoms with Crippen LogP contribution in [-0.2, 0) is 4.79 Å². The molecule has 1 amide bonds. The number of hydrogen-bond acceptors (Lipinski definition) is 4. The molecular weight excluding hydrogens is 595 g/mol. The maximum Gasteiger partial charge on any atom is 0.262 e. The summed E-state index contributed by atoms with van der Waals surface area (Å²) in [6.45, 7) is -0.257. The summed E-state index contributed by atoms with van der Waals surface area (Å²) < 4.78 is 12.6. The lowest BCUT2D eigenvalue weighted by Crippen LogP contribution is -2.20. The van der Waals surface area contributed by atoms with Crippen molar-refractivity contribution in [2.75, 3.05) is 19.0 Å². The molecule has 1 N–H and O–H groups in total. The highest BCUT2D eigenvalue weighted by Crippen LogP contribution is 2.37. The molecule has 3 rings (SSSR count). The molecule has 0 heterocycles. The third kappa shape index (κ3) is 6.75. The molecule has 3 aromatic carbocycles. The van der Waals surface area contributed by atoms with Crippen molar-refractivity contribution < 1.29 is 14.3 Å². The van der Waals surface area contributed by atoms with Gasteiger partial charge in [-0.3, -0.25) is 4.79 Å². The zero-order valence-electron chi connectivity index (χ0n) is 17.2. The normalized spacial score (nSPS) is 11.0. The van der Waals surface area contributed by atoms with Crippen molar-refractivity contribution in [1.82, 2.24) is 0 Å². The van der Waals surface area contributed by atoms with Crippen LogP contribution in [0.5, 0.6) is 11.5 Å². The maximum absolute atomic E-state index is 12.3. The summed E-state index contributed by atoms with van der Waals surface area (Å²) in [6, 6.07) is 18.0. The fourth-order valence-corrected chi connectivity index (χ4v) is 3.98. The van der Waals surface area contributed by atoms with Gasteiger partial charge in [-0.05, 0) is 75.6 Å². The zero-order valence-corrected chi connectivity index (χ0v) is 21.8. The van der Waals surface area contributed by atoms with E-state index in [4.69, 9.17) is 32.7 Å². The second kappa shape index (κ2) is 11.6. The predicted octanol–water partition coefficient (Wildman–Crippen LogP) is 7.61. The summed E-state index contributed by atoms with van der Waals surface area (Å²) in [7, 11) is 1.50. The van der Waals surface area contributed by atoms with E-state index >= 15 is 0 Å². The van der Waals surface area contributed by atoms with E-state index in [2.05, 4.69) is 43.2 Å². The molecule has 0 aliphatic heterocycles. The van der Waals surface area contributed by atoms with E-state index in [1.165, 1.54) is 7.11 Å². The largest absolute Gasteiger partial charge is 0.493 e. The first-order valence-electron chi connectivity index (χ1n) is 9.43. The molecule has 0 unspecified atom stereocenters. The summed E-state index contributed by atoms with van der Waals surface area (Å²) in [5, 5.41) is 13.0. The smallest absolute Gasteiger partial charge is 0.262 e. The van der Waals surface area contributed by atoms with Crippen LogP contribution in [0.25, 0.3) is 11.6 Å². The van der Waals surface area contributed by atoms with Gasteiger partial charge in [-0.1, -0.05) is 51.3 Å². The van der Waals surface area contributed by atoms with E-state index in [1.54, 1.807) is 36.4 Å². The highest BCUT2D eigenvalue weighted by Gasteiger charge is 2.14. The van der Waals surface area contributed by atoms with Crippen LogP contribution in [0.2, 0.25) is 10.0 Å². The lowest BCUT2D eigenvalue weighted by atomic mass is 10.0. The van der Waals surface area contributed by atoms with Crippen LogP contribution in [0.1, 0.15) is 11.1 Å². The number of hydrogen-bond donors (Lipinski definition) is 1. The minimum atomic E-state index is -0.381. The average molecular weight is 611 g/mol. The monoisotopic (exact) mass is 608 g/mol. The van der Waals surface area contributed by atoms with Crippen molar-refractivity contribution in [2.45, 2.75) is 0 Å². The summed E-state index contributed by atoms with van der Waals surface area (Å²) in [5.41, 5.74) is 2.51. The number of halogens is 4. The number of allylic oxidation sites excluding steroid dienone is 1. The summed E-state index contributed by atoms with van der Waals surface area (Å²) >= 11 is 18.7. The number of benzene rings is 3. The molecular formula is C24H16Br2Cl2N2O3. The molecule has 0 saturated carbocycles. The highest BCUT2D eigenvalue weighted by atomic mass is 79.9. The fourth-order valence-electron chi connectivity index (χ4n) is 2.85. The average Bonchev–Trinajstić information content (AvgIpc) is 2.79. The molecule has 9 heteroatoms. The second-order valence-corrected chi connectivity index (χ2v) is 9.26. The van der Waals surface area contributed by atoms with Gasteiger partial charge in [0.25, 0.3) is 5.91 Å². The minimum Gasteiger partial charge on any atom is -0.493 e. The SMILES string of the molecule is COc1cc(/C=C(\C#N)c2ccc(Br)cc2)cc(Br)c1OCC(=O)Nc1ccc(Cl)c(Cl)c1. The maximum atomic E-state index is 12.3. The Bertz CT molecular complexity index is 1260. The number of nitrogens with one attached hydrogen (secondary N) is 1. The van der Waals surface area contributed by atoms with Gasteiger partial charge in [0.15, 0.2) is 18.1 Å². The first kappa shape index (κ1) is 25.1. The van der Waals surface area contributed by atoms with Gasteiger partial charge in [0.2, 0.25) is 0 Å². The van der Waals surface area contributed by atoms with E-state index < -0.39 is 0 Å². The quantitative estimate of drug-likeness (QED) is 0.221. The molecule has 168 valence electrons. The van der Waals surface area contributed by atoms with Gasteiger partial charge in [-0.25, -0.2) is 0 Å². The van der Waals surface area contributed by atoms with Crippen LogP contribution < -0.4 is 14.8 Å². The number of carbonyl (C=O) groups excluding carboxylic acids is 1. The molecule has 0 radical (unpaired) electrons. The second-order valence-electron chi connectivity index (χ2n) is 6.68. The number of anilines is 1. The molecule has 3 aromatic rings. The molecule has 33 heavy (non-hydrogen) atoms. The molecule has 0 fully saturated rings. The molecule has 0 saturated heterocycles.